The summed E-state index contributed by atoms with van der Waals surface area (Å²) >= 11 is 0. The fourth-order valence-electron chi connectivity index (χ4n) is 0.653. The van der Waals surface area contributed by atoms with Crippen LogP contribution in [0.5, 0.6) is 0 Å². The summed E-state index contributed by atoms with van der Waals surface area (Å²) in [5, 5.41) is 7.00. The molecule has 1 aromatic rings. The molecule has 0 saturated heterocycles. The fourth-order valence-corrected chi connectivity index (χ4v) is 0.653. The molecule has 64 valence electrons. The zero-order chi connectivity index (χ0) is 9.40. The minimum Gasteiger partial charge on any atom is -0.400 e. The fraction of sp³-hybridized carbons (Fsp3) is 0.111. The van der Waals surface area contributed by atoms with E-state index in [-0.39, 0.29) is 0 Å². The smallest absolute Gasteiger partial charge is 0.150 e. The van der Waals surface area contributed by atoms with Crippen LogP contribution in [0.1, 0.15) is 20.7 Å². The van der Waals surface area contributed by atoms with E-state index in [2.05, 4.69) is 0 Å². The Morgan fingerprint density at radius 2 is 1.17 bits per heavy atom. The van der Waals surface area contributed by atoms with Crippen molar-refractivity contribution in [2.24, 2.45) is 0 Å². The summed E-state index contributed by atoms with van der Waals surface area (Å²) in [4.78, 5) is 20.2. The predicted molar refractivity (Wildman–Crippen MR) is 45.4 cm³/mol. The lowest BCUT2D eigenvalue weighted by Crippen LogP contribution is -1.81. The Kier molecular flexibility index (Phi) is 5.47. The first-order valence-electron chi connectivity index (χ1n) is 3.32. The molecule has 0 heterocycles. The number of hydrogen-bond acceptors (Lipinski definition) is 3. The second-order valence-electron chi connectivity index (χ2n) is 1.90. The second kappa shape index (κ2) is 6.24. The maximum Gasteiger partial charge on any atom is 0.150 e. The molecule has 0 aliphatic rings. The lowest BCUT2D eigenvalue weighted by atomic mass is 10.2. The molecule has 0 aliphatic carbocycles. The molecule has 0 aromatic heterocycles. The minimum absolute atomic E-state index is 0.589. The van der Waals surface area contributed by atoms with Crippen LogP contribution in [0.15, 0.2) is 24.3 Å². The van der Waals surface area contributed by atoms with Gasteiger partial charge in [0.15, 0.2) is 0 Å². The van der Waals surface area contributed by atoms with Gasteiger partial charge >= 0.3 is 0 Å². The van der Waals surface area contributed by atoms with E-state index in [4.69, 9.17) is 5.11 Å². The third-order valence-corrected chi connectivity index (χ3v) is 1.21. The average Bonchev–Trinajstić information content (AvgIpc) is 2.21. The van der Waals surface area contributed by atoms with Crippen molar-refractivity contribution in [2.45, 2.75) is 0 Å². The molecule has 1 aromatic carbocycles. The molecule has 0 amide bonds. The zero-order valence-corrected chi connectivity index (χ0v) is 6.73. The molecule has 3 heteroatoms. The second-order valence-corrected chi connectivity index (χ2v) is 1.90. The van der Waals surface area contributed by atoms with Crippen molar-refractivity contribution >= 4 is 12.6 Å². The van der Waals surface area contributed by atoms with Crippen molar-refractivity contribution in [1.82, 2.24) is 0 Å². The average molecular weight is 166 g/mol. The first-order chi connectivity index (χ1) is 5.86. The van der Waals surface area contributed by atoms with Crippen LogP contribution in [0, 0.1) is 0 Å². The molecule has 0 atom stereocenters. The quantitative estimate of drug-likeness (QED) is 0.664. The number of aldehydes is 2. The van der Waals surface area contributed by atoms with Gasteiger partial charge in [0.1, 0.15) is 12.6 Å². The highest BCUT2D eigenvalue weighted by molar-refractivity contribution is 5.79. The van der Waals surface area contributed by atoms with Gasteiger partial charge in [0.25, 0.3) is 0 Å². The highest BCUT2D eigenvalue weighted by atomic mass is 16.2. The Morgan fingerprint density at radius 3 is 1.33 bits per heavy atom. The van der Waals surface area contributed by atoms with Gasteiger partial charge in [-0.3, -0.25) is 9.59 Å². The van der Waals surface area contributed by atoms with Crippen molar-refractivity contribution in [3.8, 4) is 0 Å². The first-order valence-corrected chi connectivity index (χ1v) is 3.32. The van der Waals surface area contributed by atoms with Crippen LogP contribution in [0.25, 0.3) is 0 Å². The number of hydrogen-bond donors (Lipinski definition) is 1. The van der Waals surface area contributed by atoms with Gasteiger partial charge in [-0.05, 0) is 0 Å². The van der Waals surface area contributed by atoms with E-state index >= 15 is 0 Å². The summed E-state index contributed by atoms with van der Waals surface area (Å²) in [6, 6.07) is 6.43. The molecule has 0 aliphatic heterocycles. The number of aliphatic hydroxyl groups is 1. The molecule has 1 rings (SSSR count). The van der Waals surface area contributed by atoms with Crippen LogP contribution >= 0.6 is 0 Å². The predicted octanol–water partition coefficient (Wildman–Crippen LogP) is 0.920. The maximum absolute atomic E-state index is 10.1. The molecule has 3 nitrogen and oxygen atoms in total. The Morgan fingerprint density at radius 1 is 0.917 bits per heavy atom. The zero-order valence-electron chi connectivity index (χ0n) is 6.73. The normalized spacial score (nSPS) is 7.83. The molecule has 1 N–H and O–H groups in total. The van der Waals surface area contributed by atoms with Gasteiger partial charge in [-0.25, -0.2) is 0 Å². The molecule has 12 heavy (non-hydrogen) atoms. The Balaban J connectivity index is 0.000000561. The van der Waals surface area contributed by atoms with E-state index < -0.39 is 0 Å². The molecular formula is C9H10O3. The summed E-state index contributed by atoms with van der Waals surface area (Å²) in [7, 11) is 1.00. The molecule has 0 spiro atoms. The van der Waals surface area contributed by atoms with Crippen molar-refractivity contribution in [3.05, 3.63) is 35.4 Å². The largest absolute Gasteiger partial charge is 0.400 e. The van der Waals surface area contributed by atoms with Crippen LogP contribution in [0.4, 0.5) is 0 Å². The van der Waals surface area contributed by atoms with Crippen LogP contribution < -0.4 is 0 Å². The first kappa shape index (κ1) is 10.5. The third kappa shape index (κ3) is 3.07. The molecule has 0 radical (unpaired) electrons. The van der Waals surface area contributed by atoms with Gasteiger partial charge in [-0.15, -0.1) is 0 Å². The van der Waals surface area contributed by atoms with Crippen LogP contribution in [0.3, 0.4) is 0 Å². The van der Waals surface area contributed by atoms with Gasteiger partial charge in [0, 0.05) is 18.2 Å². The van der Waals surface area contributed by atoms with E-state index in [9.17, 15) is 9.59 Å². The lowest BCUT2D eigenvalue weighted by molar-refractivity contribution is 0.111. The van der Waals surface area contributed by atoms with Crippen molar-refractivity contribution in [3.63, 3.8) is 0 Å². The van der Waals surface area contributed by atoms with Crippen LogP contribution in [-0.4, -0.2) is 24.8 Å². The number of aliphatic hydroxyl groups excluding tert-OH is 1. The van der Waals surface area contributed by atoms with Crippen molar-refractivity contribution in [2.75, 3.05) is 7.11 Å². The summed E-state index contributed by atoms with van der Waals surface area (Å²) in [5.41, 5.74) is 1.18. The number of rotatable bonds is 2. The third-order valence-electron chi connectivity index (χ3n) is 1.21. The number of carbonyl (C=O) groups excluding carboxylic acids is 2. The summed E-state index contributed by atoms with van der Waals surface area (Å²) in [5.74, 6) is 0. The molecule has 0 unspecified atom stereocenters. The lowest BCUT2D eigenvalue weighted by Gasteiger charge is -1.88. The molecule has 0 fully saturated rings. The standard InChI is InChI=1S/C8H6O2.CH4O/c9-5-7-1-2-8(6-10)4-3-7;1-2/h1-6H;2H,1H3. The van der Waals surface area contributed by atoms with E-state index in [0.29, 0.717) is 11.1 Å². The van der Waals surface area contributed by atoms with Gasteiger partial charge in [0.05, 0.1) is 0 Å². The SMILES string of the molecule is CO.O=Cc1ccc(C=O)cc1. The Hall–Kier alpha value is -1.48. The number of benzene rings is 1. The van der Waals surface area contributed by atoms with E-state index in [1.165, 1.54) is 0 Å². The number of carbonyl (C=O) groups is 2. The van der Waals surface area contributed by atoms with Gasteiger partial charge in [-0.1, -0.05) is 24.3 Å². The minimum atomic E-state index is 0.589. The topological polar surface area (TPSA) is 54.4 Å². The summed E-state index contributed by atoms with van der Waals surface area (Å²) < 4.78 is 0. The Bertz CT molecular complexity index is 211. The van der Waals surface area contributed by atoms with Crippen LogP contribution in [-0.2, 0) is 0 Å². The Labute approximate surface area is 70.6 Å². The monoisotopic (exact) mass is 166 g/mol. The van der Waals surface area contributed by atoms with E-state index in [1.807, 2.05) is 0 Å². The highest BCUT2D eigenvalue weighted by Gasteiger charge is 1.88. The molecule has 0 bridgehead atoms. The van der Waals surface area contributed by atoms with Gasteiger partial charge in [-0.2, -0.15) is 0 Å². The van der Waals surface area contributed by atoms with Crippen LogP contribution in [0.2, 0.25) is 0 Å². The van der Waals surface area contributed by atoms with Crippen molar-refractivity contribution in [1.29, 1.82) is 0 Å². The molecular weight excluding hydrogens is 156 g/mol. The van der Waals surface area contributed by atoms with E-state index in [1.54, 1.807) is 24.3 Å². The summed E-state index contributed by atoms with van der Waals surface area (Å²) in [6.45, 7) is 0. The maximum atomic E-state index is 10.1. The van der Waals surface area contributed by atoms with Gasteiger partial charge < -0.3 is 5.11 Å². The summed E-state index contributed by atoms with van der Waals surface area (Å²) in [6.07, 6.45) is 1.49. The van der Waals surface area contributed by atoms with Crippen molar-refractivity contribution < 1.29 is 14.7 Å². The molecule has 0 saturated carbocycles. The van der Waals surface area contributed by atoms with E-state index in [0.717, 1.165) is 19.7 Å². The van der Waals surface area contributed by atoms with Gasteiger partial charge in [0.2, 0.25) is 0 Å². The highest BCUT2D eigenvalue weighted by Crippen LogP contribution is 1.98.